The van der Waals surface area contributed by atoms with Crippen molar-refractivity contribution < 1.29 is 4.39 Å². The van der Waals surface area contributed by atoms with E-state index in [1.807, 2.05) is 34.9 Å². The lowest BCUT2D eigenvalue weighted by Crippen LogP contribution is -1.98. The lowest BCUT2D eigenvalue weighted by Gasteiger charge is -2.07. The molecule has 2 aromatic carbocycles. The molecule has 5 aromatic rings. The molecule has 0 fully saturated rings. The van der Waals surface area contributed by atoms with E-state index in [1.54, 1.807) is 12.3 Å². The van der Waals surface area contributed by atoms with Gasteiger partial charge in [0.15, 0.2) is 0 Å². The topological polar surface area (TPSA) is 30.7 Å². The molecule has 0 aliphatic carbocycles. The summed E-state index contributed by atoms with van der Waals surface area (Å²) in [6.07, 6.45) is 1.79. The number of rotatable bonds is 1. The highest BCUT2D eigenvalue weighted by atomic mass is 19.1. The Balaban J connectivity index is 1.89. The lowest BCUT2D eigenvalue weighted by molar-refractivity contribution is 0.629. The molecule has 5 rings (SSSR count). The molecule has 24 heavy (non-hydrogen) atoms. The molecule has 0 saturated heterocycles. The van der Waals surface area contributed by atoms with Crippen molar-refractivity contribution >= 4 is 32.8 Å². The molecular formula is C20H12FN3. The van der Waals surface area contributed by atoms with Gasteiger partial charge in [0.05, 0.1) is 11.0 Å². The largest absolute Gasteiger partial charge is 0.278 e. The Morgan fingerprint density at radius 3 is 2.67 bits per heavy atom. The van der Waals surface area contributed by atoms with Crippen LogP contribution in [0.25, 0.3) is 38.7 Å². The predicted molar refractivity (Wildman–Crippen MR) is 93.8 cm³/mol. The zero-order valence-corrected chi connectivity index (χ0v) is 12.6. The highest BCUT2D eigenvalue weighted by Gasteiger charge is 2.13. The van der Waals surface area contributed by atoms with Crippen LogP contribution in [0.2, 0.25) is 0 Å². The Bertz CT molecular complexity index is 1170. The van der Waals surface area contributed by atoms with E-state index in [0.29, 0.717) is 0 Å². The first kappa shape index (κ1) is 13.2. The van der Waals surface area contributed by atoms with Crippen molar-refractivity contribution in [3.8, 4) is 5.82 Å². The van der Waals surface area contributed by atoms with Crippen LogP contribution in [0, 0.1) is 5.82 Å². The van der Waals surface area contributed by atoms with Gasteiger partial charge in [0.25, 0.3) is 0 Å². The number of aromatic nitrogens is 3. The summed E-state index contributed by atoms with van der Waals surface area (Å²) in [5.41, 5.74) is 2.68. The van der Waals surface area contributed by atoms with E-state index < -0.39 is 0 Å². The van der Waals surface area contributed by atoms with Crippen molar-refractivity contribution in [2.45, 2.75) is 0 Å². The quantitative estimate of drug-likeness (QED) is 0.442. The SMILES string of the molecule is Fc1ccc2nc(-n3c4ccccc4c4cccnc43)ccc2c1. The second-order valence-electron chi connectivity index (χ2n) is 5.73. The molecule has 0 unspecified atom stereocenters. The minimum absolute atomic E-state index is 0.254. The van der Waals surface area contributed by atoms with Crippen molar-refractivity contribution in [1.29, 1.82) is 0 Å². The Kier molecular flexibility index (Phi) is 2.67. The van der Waals surface area contributed by atoms with Crippen LogP contribution in [0.15, 0.2) is 72.9 Å². The molecule has 0 radical (unpaired) electrons. The zero-order valence-electron chi connectivity index (χ0n) is 12.6. The molecule has 0 spiro atoms. The lowest BCUT2D eigenvalue weighted by atomic mass is 10.2. The van der Waals surface area contributed by atoms with Gasteiger partial charge in [-0.3, -0.25) is 4.57 Å². The van der Waals surface area contributed by atoms with Crippen molar-refractivity contribution in [3.05, 3.63) is 78.7 Å². The summed E-state index contributed by atoms with van der Waals surface area (Å²) >= 11 is 0. The number of benzene rings is 2. The number of hydrogen-bond acceptors (Lipinski definition) is 2. The summed E-state index contributed by atoms with van der Waals surface area (Å²) in [5.74, 6) is 0.523. The maximum absolute atomic E-state index is 13.4. The second kappa shape index (κ2) is 4.86. The average Bonchev–Trinajstić information content (AvgIpc) is 2.96. The van der Waals surface area contributed by atoms with E-state index in [2.05, 4.69) is 23.2 Å². The molecule has 0 saturated carbocycles. The maximum Gasteiger partial charge on any atom is 0.146 e. The van der Waals surface area contributed by atoms with Crippen LogP contribution >= 0.6 is 0 Å². The second-order valence-corrected chi connectivity index (χ2v) is 5.73. The fourth-order valence-corrected chi connectivity index (χ4v) is 3.24. The van der Waals surface area contributed by atoms with Gasteiger partial charge in [-0.1, -0.05) is 18.2 Å². The van der Waals surface area contributed by atoms with E-state index in [9.17, 15) is 4.39 Å². The normalized spacial score (nSPS) is 11.5. The molecule has 0 aliphatic rings. The van der Waals surface area contributed by atoms with Gasteiger partial charge in [-0.05, 0) is 48.5 Å². The highest BCUT2D eigenvalue weighted by Crippen LogP contribution is 2.30. The van der Waals surface area contributed by atoms with E-state index in [4.69, 9.17) is 4.98 Å². The molecule has 0 bridgehead atoms. The van der Waals surface area contributed by atoms with E-state index >= 15 is 0 Å². The van der Waals surface area contributed by atoms with Gasteiger partial charge in [0.1, 0.15) is 17.3 Å². The molecule has 4 heteroatoms. The number of hydrogen-bond donors (Lipinski definition) is 0. The van der Waals surface area contributed by atoms with Gasteiger partial charge in [0.2, 0.25) is 0 Å². The van der Waals surface area contributed by atoms with Gasteiger partial charge in [0, 0.05) is 22.4 Å². The summed E-state index contributed by atoms with van der Waals surface area (Å²) in [6.45, 7) is 0. The number of pyridine rings is 2. The Morgan fingerprint density at radius 1 is 0.833 bits per heavy atom. The number of halogens is 1. The summed E-state index contributed by atoms with van der Waals surface area (Å²) in [6, 6.07) is 20.6. The summed E-state index contributed by atoms with van der Waals surface area (Å²) < 4.78 is 15.4. The van der Waals surface area contributed by atoms with Crippen LogP contribution in [0.5, 0.6) is 0 Å². The van der Waals surface area contributed by atoms with Crippen LogP contribution in [0.1, 0.15) is 0 Å². The third kappa shape index (κ3) is 1.83. The van der Waals surface area contributed by atoms with Crippen LogP contribution < -0.4 is 0 Å². The minimum Gasteiger partial charge on any atom is -0.278 e. The van der Waals surface area contributed by atoms with Crippen molar-refractivity contribution in [2.24, 2.45) is 0 Å². The van der Waals surface area contributed by atoms with Crippen molar-refractivity contribution in [2.75, 3.05) is 0 Å². The van der Waals surface area contributed by atoms with E-state index in [0.717, 1.165) is 38.7 Å². The van der Waals surface area contributed by atoms with Gasteiger partial charge in [-0.25, -0.2) is 14.4 Å². The van der Waals surface area contributed by atoms with Crippen LogP contribution in [0.3, 0.4) is 0 Å². The monoisotopic (exact) mass is 313 g/mol. The smallest absolute Gasteiger partial charge is 0.146 e. The van der Waals surface area contributed by atoms with E-state index in [1.165, 1.54) is 12.1 Å². The number of nitrogens with zero attached hydrogens (tertiary/aromatic N) is 3. The molecule has 3 nitrogen and oxygen atoms in total. The summed E-state index contributed by atoms with van der Waals surface area (Å²) in [5, 5.41) is 3.02. The van der Waals surface area contributed by atoms with Gasteiger partial charge >= 0.3 is 0 Å². The third-order valence-corrected chi connectivity index (χ3v) is 4.30. The zero-order chi connectivity index (χ0) is 16.1. The summed E-state index contributed by atoms with van der Waals surface area (Å²) in [7, 11) is 0. The molecular weight excluding hydrogens is 301 g/mol. The van der Waals surface area contributed by atoms with Crippen LogP contribution in [-0.4, -0.2) is 14.5 Å². The first-order chi connectivity index (χ1) is 11.8. The fourth-order valence-electron chi connectivity index (χ4n) is 3.24. The molecule has 0 atom stereocenters. The molecule has 0 aliphatic heterocycles. The Hall–Kier alpha value is -3.27. The first-order valence-electron chi connectivity index (χ1n) is 7.72. The molecule has 0 N–H and O–H groups in total. The van der Waals surface area contributed by atoms with Crippen molar-refractivity contribution in [3.63, 3.8) is 0 Å². The van der Waals surface area contributed by atoms with Crippen molar-refractivity contribution in [1.82, 2.24) is 14.5 Å². The van der Waals surface area contributed by atoms with Gasteiger partial charge in [-0.15, -0.1) is 0 Å². The molecule has 0 amide bonds. The minimum atomic E-state index is -0.254. The molecule has 3 aromatic heterocycles. The highest BCUT2D eigenvalue weighted by molar-refractivity contribution is 6.07. The Morgan fingerprint density at radius 2 is 1.71 bits per heavy atom. The van der Waals surface area contributed by atoms with Gasteiger partial charge < -0.3 is 0 Å². The molecule has 3 heterocycles. The third-order valence-electron chi connectivity index (χ3n) is 4.30. The number of para-hydroxylation sites is 1. The van der Waals surface area contributed by atoms with Crippen LogP contribution in [0.4, 0.5) is 4.39 Å². The fraction of sp³-hybridized carbons (Fsp3) is 0. The predicted octanol–water partition coefficient (Wildman–Crippen LogP) is 4.87. The maximum atomic E-state index is 13.4. The first-order valence-corrected chi connectivity index (χ1v) is 7.72. The van der Waals surface area contributed by atoms with E-state index in [-0.39, 0.29) is 5.82 Å². The van der Waals surface area contributed by atoms with Gasteiger partial charge in [-0.2, -0.15) is 0 Å². The number of fused-ring (bicyclic) bond motifs is 4. The standard InChI is InChI=1S/C20H12FN3/c21-14-8-9-17-13(12-14)7-10-19(23-17)24-18-6-2-1-4-15(18)16-5-3-11-22-20(16)24/h1-12H. The Labute approximate surface area is 137 Å². The summed E-state index contributed by atoms with van der Waals surface area (Å²) in [4.78, 5) is 9.27. The van der Waals surface area contributed by atoms with Crippen LogP contribution in [-0.2, 0) is 0 Å². The molecule has 114 valence electrons. The average molecular weight is 313 g/mol.